The molecule has 2 N–H and O–H groups in total. The maximum Gasteiger partial charge on any atom is 0.203 e. The van der Waals surface area contributed by atoms with Gasteiger partial charge >= 0.3 is 0 Å². The lowest BCUT2D eigenvalue weighted by molar-refractivity contribution is 0.553. The third-order valence-corrected chi connectivity index (χ3v) is 1.36. The molecule has 1 aromatic heterocycles. The summed E-state index contributed by atoms with van der Waals surface area (Å²) in [6, 6.07) is 9.99. The summed E-state index contributed by atoms with van der Waals surface area (Å²) in [5, 5.41) is 6.61. The maximum atomic E-state index is 5.35. The first-order chi connectivity index (χ1) is 6.43. The third kappa shape index (κ3) is 4.03. The van der Waals surface area contributed by atoms with Crippen LogP contribution in [0.1, 0.15) is 5.56 Å². The Bertz CT molecular complexity index is 277. The average Bonchev–Trinajstić information content (AvgIpc) is 2.77. The lowest BCUT2D eigenvalue weighted by Gasteiger charge is -1.90. The molecule has 0 fully saturated rings. The van der Waals surface area contributed by atoms with E-state index in [0.717, 1.165) is 0 Å². The van der Waals surface area contributed by atoms with Crippen molar-refractivity contribution in [1.82, 2.24) is 10.2 Å². The van der Waals surface area contributed by atoms with Gasteiger partial charge in [0.1, 0.15) is 0 Å². The standard InChI is InChI=1S/C7H9N.C2H2N2O/c8-6-7-4-2-1-3-5-7;1-3-4-2-5-1/h1-5H,6,8H2;1-2H. The Labute approximate surface area is 76.4 Å². The summed E-state index contributed by atoms with van der Waals surface area (Å²) in [4.78, 5) is 0. The number of rotatable bonds is 1. The first-order valence-corrected chi connectivity index (χ1v) is 3.86. The second-order valence-electron chi connectivity index (χ2n) is 2.27. The molecule has 0 radical (unpaired) electrons. The van der Waals surface area contributed by atoms with Crippen molar-refractivity contribution in [3.8, 4) is 0 Å². The van der Waals surface area contributed by atoms with Crippen LogP contribution in [-0.4, -0.2) is 10.2 Å². The second-order valence-corrected chi connectivity index (χ2v) is 2.27. The molecule has 13 heavy (non-hydrogen) atoms. The van der Waals surface area contributed by atoms with Gasteiger partial charge in [-0.1, -0.05) is 30.3 Å². The topological polar surface area (TPSA) is 64.9 Å². The predicted octanol–water partition coefficient (Wildman–Crippen LogP) is 1.21. The lowest BCUT2D eigenvalue weighted by Crippen LogP contribution is -1.94. The zero-order valence-corrected chi connectivity index (χ0v) is 7.13. The van der Waals surface area contributed by atoms with Gasteiger partial charge in [0.2, 0.25) is 12.8 Å². The Morgan fingerprint density at radius 2 is 1.69 bits per heavy atom. The first kappa shape index (κ1) is 9.41. The maximum absolute atomic E-state index is 5.35. The summed E-state index contributed by atoms with van der Waals surface area (Å²) < 4.78 is 4.36. The highest BCUT2D eigenvalue weighted by Gasteiger charge is 1.80. The van der Waals surface area contributed by atoms with E-state index in [9.17, 15) is 0 Å². The van der Waals surface area contributed by atoms with Crippen LogP contribution in [0.15, 0.2) is 47.5 Å². The molecule has 0 saturated heterocycles. The summed E-state index contributed by atoms with van der Waals surface area (Å²) in [6.07, 6.45) is 2.53. The molecule has 0 saturated carbocycles. The van der Waals surface area contributed by atoms with Crippen LogP contribution in [-0.2, 0) is 6.54 Å². The summed E-state index contributed by atoms with van der Waals surface area (Å²) in [5.41, 5.74) is 6.54. The Morgan fingerprint density at radius 3 is 2.00 bits per heavy atom. The molecule has 0 amide bonds. The largest absolute Gasteiger partial charge is 0.431 e. The van der Waals surface area contributed by atoms with E-state index in [-0.39, 0.29) is 0 Å². The summed E-state index contributed by atoms with van der Waals surface area (Å²) in [6.45, 7) is 0.640. The van der Waals surface area contributed by atoms with Crippen molar-refractivity contribution in [2.45, 2.75) is 6.54 Å². The number of hydrogen-bond acceptors (Lipinski definition) is 4. The van der Waals surface area contributed by atoms with Gasteiger partial charge in [-0.3, -0.25) is 0 Å². The molecule has 0 aliphatic heterocycles. The Hall–Kier alpha value is -1.68. The van der Waals surface area contributed by atoms with E-state index < -0.39 is 0 Å². The molecule has 0 aliphatic carbocycles. The third-order valence-electron chi connectivity index (χ3n) is 1.36. The highest BCUT2D eigenvalue weighted by molar-refractivity contribution is 5.13. The minimum absolute atomic E-state index is 0.640. The molecule has 0 spiro atoms. The van der Waals surface area contributed by atoms with Crippen molar-refractivity contribution in [2.24, 2.45) is 5.73 Å². The smallest absolute Gasteiger partial charge is 0.203 e. The van der Waals surface area contributed by atoms with E-state index in [2.05, 4.69) is 14.6 Å². The number of nitrogens with two attached hydrogens (primary N) is 1. The Morgan fingerprint density at radius 1 is 1.08 bits per heavy atom. The van der Waals surface area contributed by atoms with Gasteiger partial charge < -0.3 is 10.2 Å². The normalized spacial score (nSPS) is 8.69. The number of aromatic nitrogens is 2. The molecular weight excluding hydrogens is 166 g/mol. The number of hydrogen-bond donors (Lipinski definition) is 1. The fourth-order valence-electron chi connectivity index (χ4n) is 0.750. The molecule has 4 heteroatoms. The van der Waals surface area contributed by atoms with Crippen molar-refractivity contribution < 1.29 is 4.42 Å². The van der Waals surface area contributed by atoms with Crippen molar-refractivity contribution in [3.05, 3.63) is 48.7 Å². The summed E-state index contributed by atoms with van der Waals surface area (Å²) >= 11 is 0. The number of nitrogens with zero attached hydrogens (tertiary/aromatic N) is 2. The van der Waals surface area contributed by atoms with Gasteiger partial charge in [-0.2, -0.15) is 0 Å². The molecule has 0 atom stereocenters. The van der Waals surface area contributed by atoms with Crippen molar-refractivity contribution >= 4 is 0 Å². The molecular formula is C9H11N3O. The average molecular weight is 177 g/mol. The molecule has 2 aromatic rings. The monoisotopic (exact) mass is 177 g/mol. The highest BCUT2D eigenvalue weighted by Crippen LogP contribution is 1.94. The second kappa shape index (κ2) is 5.91. The molecule has 0 bridgehead atoms. The van der Waals surface area contributed by atoms with E-state index >= 15 is 0 Å². The van der Waals surface area contributed by atoms with Crippen molar-refractivity contribution in [3.63, 3.8) is 0 Å². The first-order valence-electron chi connectivity index (χ1n) is 3.86. The zero-order valence-electron chi connectivity index (χ0n) is 7.13. The van der Waals surface area contributed by atoms with E-state index in [4.69, 9.17) is 5.73 Å². The van der Waals surface area contributed by atoms with Gasteiger partial charge in [-0.25, -0.2) is 0 Å². The number of benzene rings is 1. The van der Waals surface area contributed by atoms with E-state index in [1.165, 1.54) is 18.4 Å². The lowest BCUT2D eigenvalue weighted by atomic mass is 10.2. The van der Waals surface area contributed by atoms with Gasteiger partial charge in [-0.05, 0) is 5.56 Å². The molecule has 68 valence electrons. The molecule has 0 aliphatic rings. The van der Waals surface area contributed by atoms with Gasteiger partial charge in [-0.15, -0.1) is 10.2 Å². The van der Waals surface area contributed by atoms with E-state index in [0.29, 0.717) is 6.54 Å². The molecule has 1 heterocycles. The minimum atomic E-state index is 0.640. The van der Waals surface area contributed by atoms with Crippen LogP contribution in [0.2, 0.25) is 0 Å². The van der Waals surface area contributed by atoms with Crippen LogP contribution in [0.25, 0.3) is 0 Å². The minimum Gasteiger partial charge on any atom is -0.431 e. The fraction of sp³-hybridized carbons (Fsp3) is 0.111. The summed E-state index contributed by atoms with van der Waals surface area (Å²) in [5.74, 6) is 0. The summed E-state index contributed by atoms with van der Waals surface area (Å²) in [7, 11) is 0. The van der Waals surface area contributed by atoms with Gasteiger partial charge in [0.05, 0.1) is 0 Å². The van der Waals surface area contributed by atoms with E-state index in [1.807, 2.05) is 30.3 Å². The van der Waals surface area contributed by atoms with Crippen LogP contribution in [0.4, 0.5) is 0 Å². The molecule has 2 rings (SSSR count). The van der Waals surface area contributed by atoms with Gasteiger partial charge in [0.15, 0.2) is 0 Å². The Kier molecular flexibility index (Phi) is 4.27. The molecule has 1 aromatic carbocycles. The van der Waals surface area contributed by atoms with Crippen LogP contribution < -0.4 is 5.73 Å². The highest BCUT2D eigenvalue weighted by atomic mass is 16.3. The van der Waals surface area contributed by atoms with E-state index in [1.54, 1.807) is 0 Å². The van der Waals surface area contributed by atoms with Crippen molar-refractivity contribution in [2.75, 3.05) is 0 Å². The Balaban J connectivity index is 0.000000145. The van der Waals surface area contributed by atoms with Crippen LogP contribution in [0.3, 0.4) is 0 Å². The SMILES string of the molecule is NCc1ccccc1.c1nnco1. The van der Waals surface area contributed by atoms with Crippen LogP contribution in [0, 0.1) is 0 Å². The molecule has 0 unspecified atom stereocenters. The predicted molar refractivity (Wildman–Crippen MR) is 48.6 cm³/mol. The zero-order chi connectivity index (χ0) is 9.36. The van der Waals surface area contributed by atoms with Crippen LogP contribution in [0.5, 0.6) is 0 Å². The van der Waals surface area contributed by atoms with Crippen molar-refractivity contribution in [1.29, 1.82) is 0 Å². The molecule has 4 nitrogen and oxygen atoms in total. The van der Waals surface area contributed by atoms with Crippen LogP contribution >= 0.6 is 0 Å². The fourth-order valence-corrected chi connectivity index (χ4v) is 0.750. The van der Waals surface area contributed by atoms with Gasteiger partial charge in [0.25, 0.3) is 0 Å². The van der Waals surface area contributed by atoms with Gasteiger partial charge in [0, 0.05) is 6.54 Å². The quantitative estimate of drug-likeness (QED) is 0.711.